The highest BCUT2D eigenvalue weighted by atomic mass is 16.6. The fourth-order valence-electron chi connectivity index (χ4n) is 2.46. The quantitative estimate of drug-likeness (QED) is 0.853. The van der Waals surface area contributed by atoms with Gasteiger partial charge in [-0.2, -0.15) is 0 Å². The summed E-state index contributed by atoms with van der Waals surface area (Å²) in [5.74, 6) is 0. The largest absolute Gasteiger partial charge is 0.444 e. The Morgan fingerprint density at radius 3 is 2.52 bits per heavy atom. The number of carbonyl (C=O) groups excluding carboxylic acids is 1. The van der Waals surface area contributed by atoms with Crippen LogP contribution in [0.5, 0.6) is 0 Å². The molecule has 0 aromatic heterocycles. The molecule has 130 valence electrons. The summed E-state index contributed by atoms with van der Waals surface area (Å²) < 4.78 is 5.43. The van der Waals surface area contributed by atoms with Crippen molar-refractivity contribution in [1.29, 1.82) is 0 Å². The van der Waals surface area contributed by atoms with Gasteiger partial charge in [0.1, 0.15) is 5.60 Å². The Morgan fingerprint density at radius 1 is 1.30 bits per heavy atom. The topological polar surface area (TPSA) is 41.6 Å². The van der Waals surface area contributed by atoms with Crippen LogP contribution in [-0.2, 0) is 4.74 Å². The molecule has 0 saturated heterocycles. The van der Waals surface area contributed by atoms with Crippen LogP contribution in [0.15, 0.2) is 18.2 Å². The van der Waals surface area contributed by atoms with Gasteiger partial charge in [-0.25, -0.2) is 4.79 Å². The van der Waals surface area contributed by atoms with E-state index >= 15 is 0 Å². The molecule has 0 fully saturated rings. The van der Waals surface area contributed by atoms with Crippen molar-refractivity contribution in [2.75, 3.05) is 19.6 Å². The highest BCUT2D eigenvalue weighted by molar-refractivity contribution is 5.68. The van der Waals surface area contributed by atoms with E-state index in [1.165, 1.54) is 16.7 Å². The Balaban J connectivity index is 2.54. The van der Waals surface area contributed by atoms with Crippen LogP contribution >= 0.6 is 0 Å². The number of nitrogens with zero attached hydrogens (tertiary/aromatic N) is 1. The second-order valence-electron chi connectivity index (χ2n) is 7.10. The Labute approximate surface area is 141 Å². The van der Waals surface area contributed by atoms with Crippen LogP contribution in [0.4, 0.5) is 4.79 Å². The molecule has 0 heterocycles. The van der Waals surface area contributed by atoms with Gasteiger partial charge in [-0.05, 0) is 59.6 Å². The van der Waals surface area contributed by atoms with Gasteiger partial charge in [-0.1, -0.05) is 23.8 Å². The highest BCUT2D eigenvalue weighted by Gasteiger charge is 2.20. The zero-order valence-electron chi connectivity index (χ0n) is 15.7. The van der Waals surface area contributed by atoms with E-state index in [9.17, 15) is 4.79 Å². The summed E-state index contributed by atoms with van der Waals surface area (Å²) in [7, 11) is 0. The summed E-state index contributed by atoms with van der Waals surface area (Å²) in [4.78, 5) is 13.8. The molecular formula is C19H32N2O2. The second-order valence-corrected chi connectivity index (χ2v) is 7.10. The molecule has 0 aliphatic carbocycles. The monoisotopic (exact) mass is 320 g/mol. The summed E-state index contributed by atoms with van der Waals surface area (Å²) in [5.41, 5.74) is 3.41. The fourth-order valence-corrected chi connectivity index (χ4v) is 2.46. The minimum atomic E-state index is -0.454. The minimum Gasteiger partial charge on any atom is -0.444 e. The van der Waals surface area contributed by atoms with Crippen LogP contribution in [-0.4, -0.2) is 36.2 Å². The van der Waals surface area contributed by atoms with Gasteiger partial charge in [0, 0.05) is 25.7 Å². The van der Waals surface area contributed by atoms with Crippen LogP contribution in [0.1, 0.15) is 57.4 Å². The van der Waals surface area contributed by atoms with Crippen molar-refractivity contribution < 1.29 is 9.53 Å². The molecule has 1 N–H and O–H groups in total. The Bertz CT molecular complexity index is 521. The number of hydrogen-bond acceptors (Lipinski definition) is 3. The van der Waals surface area contributed by atoms with E-state index in [1.807, 2.05) is 27.7 Å². The summed E-state index contributed by atoms with van der Waals surface area (Å²) in [6.45, 7) is 16.1. The van der Waals surface area contributed by atoms with Crippen LogP contribution < -0.4 is 5.32 Å². The maximum absolute atomic E-state index is 12.1. The molecule has 4 nitrogen and oxygen atoms in total. The zero-order valence-corrected chi connectivity index (χ0v) is 15.7. The maximum atomic E-state index is 12.1. The summed E-state index contributed by atoms with van der Waals surface area (Å²) >= 11 is 0. The number of ether oxygens (including phenoxy) is 1. The SMILES string of the molecule is CCN(CCNC(C)c1cc(C)ccc1C)C(=O)OC(C)(C)C. The molecule has 1 aromatic rings. The predicted molar refractivity (Wildman–Crippen MR) is 95.8 cm³/mol. The van der Waals surface area contributed by atoms with Crippen molar-refractivity contribution in [3.63, 3.8) is 0 Å². The number of nitrogens with one attached hydrogen (secondary N) is 1. The Kier molecular flexibility index (Phi) is 7.07. The van der Waals surface area contributed by atoms with Crippen LogP contribution in [0.25, 0.3) is 0 Å². The summed E-state index contributed by atoms with van der Waals surface area (Å²) in [6, 6.07) is 6.76. The number of likely N-dealkylation sites (N-methyl/N-ethyl adjacent to an activating group) is 1. The highest BCUT2D eigenvalue weighted by Crippen LogP contribution is 2.18. The van der Waals surface area contributed by atoms with E-state index in [0.717, 1.165) is 6.54 Å². The third kappa shape index (κ3) is 6.61. The summed E-state index contributed by atoms with van der Waals surface area (Å²) in [5, 5.41) is 3.50. The van der Waals surface area contributed by atoms with E-state index in [-0.39, 0.29) is 12.1 Å². The first-order valence-electron chi connectivity index (χ1n) is 8.42. The zero-order chi connectivity index (χ0) is 17.6. The first kappa shape index (κ1) is 19.5. The van der Waals surface area contributed by atoms with Crippen molar-refractivity contribution in [3.8, 4) is 0 Å². The molecule has 1 rings (SSSR count). The van der Waals surface area contributed by atoms with Crippen LogP contribution in [0, 0.1) is 13.8 Å². The number of aryl methyl sites for hydroxylation is 2. The fraction of sp³-hybridized carbons (Fsp3) is 0.632. The van der Waals surface area contributed by atoms with Gasteiger partial charge in [0.2, 0.25) is 0 Å². The molecule has 0 radical (unpaired) electrons. The standard InChI is InChI=1S/C19H32N2O2/c1-8-21(18(22)23-19(5,6)7)12-11-20-16(4)17-13-14(2)9-10-15(17)3/h9-10,13,16,20H,8,11-12H2,1-7H3. The molecule has 0 bridgehead atoms. The third-order valence-corrected chi connectivity index (χ3v) is 3.77. The average molecular weight is 320 g/mol. The molecule has 0 spiro atoms. The van der Waals surface area contributed by atoms with E-state index < -0.39 is 5.60 Å². The number of benzene rings is 1. The van der Waals surface area contributed by atoms with Gasteiger partial charge in [0.25, 0.3) is 0 Å². The molecule has 0 saturated carbocycles. The molecule has 0 aliphatic rings. The molecule has 1 amide bonds. The van der Waals surface area contributed by atoms with E-state index in [4.69, 9.17) is 4.74 Å². The Hall–Kier alpha value is -1.55. The second kappa shape index (κ2) is 8.34. The van der Waals surface area contributed by atoms with Crippen molar-refractivity contribution in [1.82, 2.24) is 10.2 Å². The Morgan fingerprint density at radius 2 is 1.96 bits per heavy atom. The number of rotatable bonds is 6. The normalized spacial score (nSPS) is 12.8. The first-order valence-corrected chi connectivity index (χ1v) is 8.42. The van der Waals surface area contributed by atoms with E-state index in [2.05, 4.69) is 44.3 Å². The molecule has 23 heavy (non-hydrogen) atoms. The number of carbonyl (C=O) groups is 1. The van der Waals surface area contributed by atoms with Crippen molar-refractivity contribution in [3.05, 3.63) is 34.9 Å². The molecule has 4 heteroatoms. The number of hydrogen-bond donors (Lipinski definition) is 1. The van der Waals surface area contributed by atoms with Crippen molar-refractivity contribution in [2.24, 2.45) is 0 Å². The van der Waals surface area contributed by atoms with Crippen LogP contribution in [0.3, 0.4) is 0 Å². The molecule has 1 atom stereocenters. The maximum Gasteiger partial charge on any atom is 0.410 e. The third-order valence-electron chi connectivity index (χ3n) is 3.77. The van der Waals surface area contributed by atoms with E-state index in [1.54, 1.807) is 4.90 Å². The van der Waals surface area contributed by atoms with Crippen LogP contribution in [0.2, 0.25) is 0 Å². The number of amides is 1. The minimum absolute atomic E-state index is 0.249. The lowest BCUT2D eigenvalue weighted by Crippen LogP contribution is -2.40. The van der Waals surface area contributed by atoms with Gasteiger partial charge < -0.3 is 15.0 Å². The molecule has 1 unspecified atom stereocenters. The van der Waals surface area contributed by atoms with Crippen molar-refractivity contribution >= 4 is 6.09 Å². The lowest BCUT2D eigenvalue weighted by Gasteiger charge is -2.27. The lowest BCUT2D eigenvalue weighted by atomic mass is 10.00. The van der Waals surface area contributed by atoms with Gasteiger partial charge >= 0.3 is 6.09 Å². The lowest BCUT2D eigenvalue weighted by molar-refractivity contribution is 0.0261. The molecule has 0 aliphatic heterocycles. The van der Waals surface area contributed by atoms with E-state index in [0.29, 0.717) is 13.1 Å². The van der Waals surface area contributed by atoms with Gasteiger partial charge in [-0.15, -0.1) is 0 Å². The van der Waals surface area contributed by atoms with Gasteiger partial charge in [-0.3, -0.25) is 0 Å². The smallest absolute Gasteiger partial charge is 0.410 e. The first-order chi connectivity index (χ1) is 10.6. The molecular weight excluding hydrogens is 288 g/mol. The van der Waals surface area contributed by atoms with Gasteiger partial charge in [0.15, 0.2) is 0 Å². The predicted octanol–water partition coefficient (Wildman–Crippen LogP) is 4.21. The van der Waals surface area contributed by atoms with Crippen molar-refractivity contribution in [2.45, 2.75) is 60.1 Å². The molecule has 1 aromatic carbocycles. The van der Waals surface area contributed by atoms with Gasteiger partial charge in [0.05, 0.1) is 0 Å². The average Bonchev–Trinajstić information content (AvgIpc) is 2.44. The summed E-state index contributed by atoms with van der Waals surface area (Å²) in [6.07, 6.45) is -0.249.